The first-order valence-electron chi connectivity index (χ1n) is 21.6. The molecule has 0 atom stereocenters. The Balaban J connectivity index is 0.000000380. The zero-order valence-corrected chi connectivity index (χ0v) is 52.9. The number of hydrogen-bond acceptors (Lipinski definition) is 12. The standard InChI is InChI=1S/2C28H22O6S2.4Na/c2*29-35(30,31)27-7-3-1-5-25(27)19-13-21-9-15-23(16-10-21)24-17-11-22(12-18-24)14-20-26-6-2-4-8-28(26)36(32,33)34;;;;/h2*1-20H,(H,29,30,31)(H,32,33,34);;;;/q;;4*+1/p-4. The van der Waals surface area contributed by atoms with Gasteiger partial charge in [-0.05, 0) is 91.0 Å². The third-order valence-corrected chi connectivity index (χ3v) is 14.5. The smallest absolute Gasteiger partial charge is 0.744 e. The van der Waals surface area contributed by atoms with Gasteiger partial charge in [0, 0.05) is 0 Å². The summed E-state index contributed by atoms with van der Waals surface area (Å²) in [4.78, 5) is -1.04. The Labute approximate surface area is 532 Å². The van der Waals surface area contributed by atoms with E-state index in [0.29, 0.717) is 22.3 Å². The van der Waals surface area contributed by atoms with E-state index < -0.39 is 40.5 Å². The van der Waals surface area contributed by atoms with Gasteiger partial charge in [-0.25, -0.2) is 33.7 Å². The molecule has 0 amide bonds. The molecule has 0 aliphatic heterocycles. The van der Waals surface area contributed by atoms with E-state index in [1.165, 1.54) is 48.5 Å². The van der Waals surface area contributed by atoms with Gasteiger partial charge in [0.25, 0.3) is 0 Å². The van der Waals surface area contributed by atoms with Crippen molar-refractivity contribution in [3.8, 4) is 22.3 Å². The second-order valence-corrected chi connectivity index (χ2v) is 21.2. The van der Waals surface area contributed by atoms with Crippen LogP contribution in [0.1, 0.15) is 44.5 Å². The fraction of sp³-hybridized carbons (Fsp3) is 0. The van der Waals surface area contributed by atoms with Gasteiger partial charge in [0.1, 0.15) is 40.5 Å². The van der Waals surface area contributed by atoms with Crippen LogP contribution in [0.5, 0.6) is 0 Å². The molecule has 0 N–H and O–H groups in total. The molecule has 8 rings (SSSR count). The van der Waals surface area contributed by atoms with Crippen molar-refractivity contribution in [2.24, 2.45) is 0 Å². The number of rotatable bonds is 14. The summed E-state index contributed by atoms with van der Waals surface area (Å²) in [6, 6.07) is 54.6. The van der Waals surface area contributed by atoms with Gasteiger partial charge < -0.3 is 18.2 Å². The van der Waals surface area contributed by atoms with Crippen LogP contribution in [0.4, 0.5) is 0 Å². The van der Waals surface area contributed by atoms with Crippen LogP contribution in [0.3, 0.4) is 0 Å². The zero-order chi connectivity index (χ0) is 51.5. The Morgan fingerprint density at radius 1 is 0.224 bits per heavy atom. The van der Waals surface area contributed by atoms with E-state index in [1.54, 1.807) is 97.1 Å². The molecule has 0 heterocycles. The molecule has 8 aromatic rings. The van der Waals surface area contributed by atoms with Crippen LogP contribution in [-0.4, -0.2) is 51.9 Å². The summed E-state index contributed by atoms with van der Waals surface area (Å²) in [6.45, 7) is 0. The predicted octanol–water partition coefficient (Wildman–Crippen LogP) is -0.979. The van der Waals surface area contributed by atoms with Gasteiger partial charge in [-0.3, -0.25) is 0 Å². The van der Waals surface area contributed by atoms with E-state index in [0.717, 1.165) is 44.5 Å². The minimum atomic E-state index is -4.56. The van der Waals surface area contributed by atoms with Gasteiger partial charge in [0.15, 0.2) is 0 Å². The quantitative estimate of drug-likeness (QED) is 0.0728. The minimum absolute atomic E-state index is 0. The molecule has 0 spiro atoms. The Morgan fingerprint density at radius 3 is 0.539 bits per heavy atom. The second kappa shape index (κ2) is 30.1. The van der Waals surface area contributed by atoms with Crippen LogP contribution in [0.25, 0.3) is 70.9 Å². The molecule has 364 valence electrons. The first-order chi connectivity index (χ1) is 34.2. The Morgan fingerprint density at radius 2 is 0.382 bits per heavy atom. The summed E-state index contributed by atoms with van der Waals surface area (Å²) >= 11 is 0. The van der Waals surface area contributed by atoms with Crippen molar-refractivity contribution in [3.05, 3.63) is 239 Å². The first kappa shape index (κ1) is 66.6. The molecule has 0 radical (unpaired) electrons. The van der Waals surface area contributed by atoms with Gasteiger partial charge >= 0.3 is 118 Å². The summed E-state index contributed by atoms with van der Waals surface area (Å²) < 4.78 is 137. The van der Waals surface area contributed by atoms with Crippen LogP contribution in [0.2, 0.25) is 0 Å². The van der Waals surface area contributed by atoms with Crippen LogP contribution in [0, 0.1) is 0 Å². The summed E-state index contributed by atoms with van der Waals surface area (Å²) in [5.74, 6) is 0. The third kappa shape index (κ3) is 19.3. The minimum Gasteiger partial charge on any atom is -0.744 e. The molecule has 0 bridgehead atoms. The molecule has 8 aromatic carbocycles. The Hall–Kier alpha value is -3.64. The van der Waals surface area contributed by atoms with Crippen LogP contribution < -0.4 is 118 Å². The molecule has 0 saturated carbocycles. The van der Waals surface area contributed by atoms with Crippen LogP contribution in [-0.2, 0) is 40.5 Å². The largest absolute Gasteiger partial charge is 1.00 e. The molecule has 0 unspecified atom stereocenters. The Bertz CT molecular complexity index is 3320. The van der Waals surface area contributed by atoms with E-state index in [-0.39, 0.29) is 138 Å². The average Bonchev–Trinajstić information content (AvgIpc) is 3.36. The van der Waals surface area contributed by atoms with Crippen molar-refractivity contribution in [1.82, 2.24) is 0 Å². The third-order valence-electron chi connectivity index (χ3n) is 10.9. The molecule has 0 aromatic heterocycles. The molecule has 0 aliphatic rings. The zero-order valence-electron chi connectivity index (χ0n) is 41.6. The number of benzene rings is 8. The van der Waals surface area contributed by atoms with Gasteiger partial charge in [-0.1, -0.05) is 218 Å². The summed E-state index contributed by atoms with van der Waals surface area (Å²) in [6.07, 6.45) is 13.3. The molecule has 12 nitrogen and oxygen atoms in total. The summed E-state index contributed by atoms with van der Waals surface area (Å²) in [7, 11) is -18.2. The SMILES string of the molecule is O=S(=O)([O-])c1ccccc1C=Cc1ccc(-c2ccc(C=Cc3ccccc3S(=O)(=O)[O-])cc2)cc1.O=S(=O)([O-])c1ccccc1C=Cc1ccc(-c2ccc(C=Cc3ccccc3S(=O)(=O)[O-])cc2)cc1.[Na+].[Na+].[Na+].[Na+]. The molecule has 0 aliphatic carbocycles. The van der Waals surface area contributed by atoms with Gasteiger partial charge in [-0.15, -0.1) is 0 Å². The maximum Gasteiger partial charge on any atom is 1.00 e. The normalized spacial score (nSPS) is 11.7. The predicted molar refractivity (Wildman–Crippen MR) is 277 cm³/mol. The summed E-state index contributed by atoms with van der Waals surface area (Å²) in [5, 5.41) is 0. The Kier molecular flexibility index (Phi) is 26.4. The van der Waals surface area contributed by atoms with Crippen molar-refractivity contribution in [1.29, 1.82) is 0 Å². The summed E-state index contributed by atoms with van der Waals surface area (Å²) in [5.41, 5.74) is 8.53. The van der Waals surface area contributed by atoms with E-state index in [1.807, 2.05) is 97.1 Å². The van der Waals surface area contributed by atoms with Crippen molar-refractivity contribution in [2.75, 3.05) is 0 Å². The number of hydrogen-bond donors (Lipinski definition) is 0. The first-order valence-corrected chi connectivity index (χ1v) is 27.2. The fourth-order valence-electron chi connectivity index (χ4n) is 7.27. The van der Waals surface area contributed by atoms with Crippen LogP contribution >= 0.6 is 0 Å². The maximum atomic E-state index is 11.4. The molecular weight excluding hydrogens is 1080 g/mol. The van der Waals surface area contributed by atoms with Crippen molar-refractivity contribution < 1.29 is 170 Å². The average molecular weight is 1130 g/mol. The van der Waals surface area contributed by atoms with Gasteiger partial charge in [0.2, 0.25) is 0 Å². The topological polar surface area (TPSA) is 229 Å². The molecule has 20 heteroatoms. The van der Waals surface area contributed by atoms with E-state index in [2.05, 4.69) is 0 Å². The maximum absolute atomic E-state index is 11.4. The second-order valence-electron chi connectivity index (χ2n) is 15.8. The molecule has 0 fully saturated rings. The molecular formula is C56H40Na4O12S4. The van der Waals surface area contributed by atoms with Crippen LogP contribution in [0.15, 0.2) is 214 Å². The van der Waals surface area contributed by atoms with Gasteiger partial charge in [0.05, 0.1) is 19.6 Å². The van der Waals surface area contributed by atoms with Gasteiger partial charge in [-0.2, -0.15) is 0 Å². The van der Waals surface area contributed by atoms with Crippen molar-refractivity contribution in [3.63, 3.8) is 0 Å². The monoisotopic (exact) mass is 1120 g/mol. The van der Waals surface area contributed by atoms with Crippen molar-refractivity contribution in [2.45, 2.75) is 19.6 Å². The van der Waals surface area contributed by atoms with E-state index in [9.17, 15) is 51.9 Å². The molecule has 76 heavy (non-hydrogen) atoms. The fourth-order valence-corrected chi connectivity index (χ4v) is 9.95. The van der Waals surface area contributed by atoms with E-state index in [4.69, 9.17) is 0 Å². The van der Waals surface area contributed by atoms with Crippen molar-refractivity contribution >= 4 is 89.1 Å². The van der Waals surface area contributed by atoms with E-state index >= 15 is 0 Å². The molecule has 0 saturated heterocycles.